The summed E-state index contributed by atoms with van der Waals surface area (Å²) in [6, 6.07) is 5.58. The number of carbonyl (C=O) groups is 1. The van der Waals surface area contributed by atoms with Gasteiger partial charge in [-0.15, -0.1) is 11.3 Å². The fourth-order valence-electron chi connectivity index (χ4n) is 3.09. The van der Waals surface area contributed by atoms with Gasteiger partial charge in [-0.2, -0.15) is 0 Å². The molecule has 1 aliphatic heterocycles. The predicted octanol–water partition coefficient (Wildman–Crippen LogP) is 3.86. The molecule has 2 heterocycles. The van der Waals surface area contributed by atoms with E-state index in [1.165, 1.54) is 11.3 Å². The number of carbonyl (C=O) groups excluding carboxylic acids is 1. The summed E-state index contributed by atoms with van der Waals surface area (Å²) in [5.41, 5.74) is 7.34. The zero-order valence-corrected chi connectivity index (χ0v) is 15.7. The Kier molecular flexibility index (Phi) is 5.45. The second kappa shape index (κ2) is 7.40. The quantitative estimate of drug-likeness (QED) is 0.871. The third kappa shape index (κ3) is 3.75. The van der Waals surface area contributed by atoms with Crippen molar-refractivity contribution in [1.82, 2.24) is 9.88 Å². The molecule has 0 bridgehead atoms. The molecule has 0 spiro atoms. The molecule has 0 aliphatic carbocycles. The number of likely N-dealkylation sites (tertiary alicyclic amines) is 1. The van der Waals surface area contributed by atoms with Crippen LogP contribution in [0.3, 0.4) is 0 Å². The summed E-state index contributed by atoms with van der Waals surface area (Å²) in [5, 5.41) is 3.87. The maximum Gasteiger partial charge on any atom is 0.228 e. The molecule has 1 saturated heterocycles. The van der Waals surface area contributed by atoms with Crippen LogP contribution in [0.25, 0.3) is 10.6 Å². The van der Waals surface area contributed by atoms with E-state index in [2.05, 4.69) is 11.9 Å². The second-order valence-corrected chi connectivity index (χ2v) is 7.88. The normalized spacial score (nSPS) is 20.6. The first-order chi connectivity index (χ1) is 11.5. The van der Waals surface area contributed by atoms with Crippen LogP contribution in [0.5, 0.6) is 0 Å². The fourth-order valence-corrected chi connectivity index (χ4v) is 4.50. The first kappa shape index (κ1) is 17.7. The highest BCUT2D eigenvalue weighted by atomic mass is 35.5. The van der Waals surface area contributed by atoms with Crippen molar-refractivity contribution in [3.63, 3.8) is 0 Å². The number of benzene rings is 1. The Morgan fingerprint density at radius 2 is 2.25 bits per heavy atom. The molecular weight excluding hydrogens is 365 g/mol. The number of thiazole rings is 1. The SMILES string of the molecule is CC1CC(CN)CN1C(=O)Cc1csc(-c2ccc(Cl)cc2Cl)n1. The van der Waals surface area contributed by atoms with Gasteiger partial charge in [0, 0.05) is 28.6 Å². The lowest BCUT2D eigenvalue weighted by atomic mass is 10.1. The molecule has 2 N–H and O–H groups in total. The van der Waals surface area contributed by atoms with E-state index in [1.54, 1.807) is 12.1 Å². The number of aromatic nitrogens is 1. The highest BCUT2D eigenvalue weighted by molar-refractivity contribution is 7.13. The van der Waals surface area contributed by atoms with Crippen molar-refractivity contribution in [1.29, 1.82) is 0 Å². The lowest BCUT2D eigenvalue weighted by Gasteiger charge is -2.21. The van der Waals surface area contributed by atoms with Crippen LogP contribution in [0.15, 0.2) is 23.6 Å². The summed E-state index contributed by atoms with van der Waals surface area (Å²) in [4.78, 5) is 19.0. The van der Waals surface area contributed by atoms with E-state index in [4.69, 9.17) is 28.9 Å². The van der Waals surface area contributed by atoms with Crippen molar-refractivity contribution < 1.29 is 4.79 Å². The van der Waals surface area contributed by atoms with Gasteiger partial charge in [0.05, 0.1) is 17.1 Å². The lowest BCUT2D eigenvalue weighted by Crippen LogP contribution is -2.35. The van der Waals surface area contributed by atoms with E-state index >= 15 is 0 Å². The van der Waals surface area contributed by atoms with Crippen LogP contribution in [-0.4, -0.2) is 34.9 Å². The van der Waals surface area contributed by atoms with Crippen molar-refractivity contribution >= 4 is 40.4 Å². The number of halogens is 2. The smallest absolute Gasteiger partial charge is 0.228 e. The van der Waals surface area contributed by atoms with Gasteiger partial charge in [0.1, 0.15) is 5.01 Å². The average molecular weight is 384 g/mol. The van der Waals surface area contributed by atoms with Crippen LogP contribution in [0.4, 0.5) is 0 Å². The van der Waals surface area contributed by atoms with Gasteiger partial charge in [-0.25, -0.2) is 4.98 Å². The number of nitrogens with zero attached hydrogens (tertiary/aromatic N) is 2. The molecule has 0 saturated carbocycles. The third-order valence-corrected chi connectivity index (χ3v) is 5.83. The maximum absolute atomic E-state index is 12.6. The van der Waals surface area contributed by atoms with E-state index in [0.717, 1.165) is 29.2 Å². The van der Waals surface area contributed by atoms with Gasteiger partial charge in [0.25, 0.3) is 0 Å². The molecule has 128 valence electrons. The number of hydrogen-bond acceptors (Lipinski definition) is 4. The van der Waals surface area contributed by atoms with E-state index < -0.39 is 0 Å². The Labute approximate surface area is 155 Å². The fraction of sp³-hybridized carbons (Fsp3) is 0.412. The Morgan fingerprint density at radius 1 is 1.46 bits per heavy atom. The Bertz CT molecular complexity index is 749. The van der Waals surface area contributed by atoms with Crippen molar-refractivity contribution in [2.75, 3.05) is 13.1 Å². The molecule has 0 radical (unpaired) electrons. The second-order valence-electron chi connectivity index (χ2n) is 6.18. The van der Waals surface area contributed by atoms with Gasteiger partial charge in [-0.05, 0) is 44.0 Å². The lowest BCUT2D eigenvalue weighted by molar-refractivity contribution is -0.131. The van der Waals surface area contributed by atoms with Crippen molar-refractivity contribution in [2.24, 2.45) is 11.7 Å². The molecule has 7 heteroatoms. The summed E-state index contributed by atoms with van der Waals surface area (Å²) in [5.74, 6) is 0.514. The van der Waals surface area contributed by atoms with Gasteiger partial charge >= 0.3 is 0 Å². The number of nitrogens with two attached hydrogens (primary N) is 1. The Hall–Kier alpha value is -1.14. The molecule has 2 atom stereocenters. The maximum atomic E-state index is 12.6. The minimum absolute atomic E-state index is 0.109. The van der Waals surface area contributed by atoms with Gasteiger partial charge in [-0.1, -0.05) is 23.2 Å². The molecule has 24 heavy (non-hydrogen) atoms. The first-order valence-electron chi connectivity index (χ1n) is 7.87. The van der Waals surface area contributed by atoms with Crippen molar-refractivity contribution in [3.05, 3.63) is 39.3 Å². The van der Waals surface area contributed by atoms with Crippen LogP contribution < -0.4 is 5.73 Å². The van der Waals surface area contributed by atoms with Crippen LogP contribution >= 0.6 is 34.5 Å². The summed E-state index contributed by atoms with van der Waals surface area (Å²) >= 11 is 13.6. The van der Waals surface area contributed by atoms with E-state index in [1.807, 2.05) is 16.3 Å². The molecule has 4 nitrogen and oxygen atoms in total. The predicted molar refractivity (Wildman–Crippen MR) is 99.6 cm³/mol. The minimum atomic E-state index is 0.109. The molecule has 2 aromatic rings. The molecule has 1 aromatic carbocycles. The number of rotatable bonds is 4. The summed E-state index contributed by atoms with van der Waals surface area (Å²) < 4.78 is 0. The third-order valence-electron chi connectivity index (χ3n) is 4.36. The Balaban J connectivity index is 1.71. The molecular formula is C17H19Cl2N3OS. The summed E-state index contributed by atoms with van der Waals surface area (Å²) in [6.07, 6.45) is 1.29. The van der Waals surface area contributed by atoms with Crippen LogP contribution in [0.2, 0.25) is 10.0 Å². The van der Waals surface area contributed by atoms with E-state index in [9.17, 15) is 4.79 Å². The zero-order valence-electron chi connectivity index (χ0n) is 13.3. The van der Waals surface area contributed by atoms with Gasteiger partial charge in [0.15, 0.2) is 0 Å². The van der Waals surface area contributed by atoms with Crippen molar-refractivity contribution in [3.8, 4) is 10.6 Å². The summed E-state index contributed by atoms with van der Waals surface area (Å²) in [7, 11) is 0. The van der Waals surface area contributed by atoms with Gasteiger partial charge in [0.2, 0.25) is 5.91 Å². The van der Waals surface area contributed by atoms with Crippen molar-refractivity contribution in [2.45, 2.75) is 25.8 Å². The van der Waals surface area contributed by atoms with E-state index in [0.29, 0.717) is 28.9 Å². The highest BCUT2D eigenvalue weighted by Crippen LogP contribution is 2.32. The van der Waals surface area contributed by atoms with Gasteiger partial charge < -0.3 is 10.6 Å². The zero-order chi connectivity index (χ0) is 17.3. The molecule has 1 fully saturated rings. The average Bonchev–Trinajstić information content (AvgIpc) is 3.13. The Morgan fingerprint density at radius 3 is 2.92 bits per heavy atom. The van der Waals surface area contributed by atoms with Gasteiger partial charge in [-0.3, -0.25) is 4.79 Å². The van der Waals surface area contributed by atoms with Crippen LogP contribution in [-0.2, 0) is 11.2 Å². The molecule has 1 aromatic heterocycles. The van der Waals surface area contributed by atoms with E-state index in [-0.39, 0.29) is 11.9 Å². The number of amides is 1. The monoisotopic (exact) mass is 383 g/mol. The topological polar surface area (TPSA) is 59.2 Å². The minimum Gasteiger partial charge on any atom is -0.339 e. The molecule has 1 aliphatic rings. The number of hydrogen-bond donors (Lipinski definition) is 1. The molecule has 2 unspecified atom stereocenters. The molecule has 3 rings (SSSR count). The molecule has 1 amide bonds. The first-order valence-corrected chi connectivity index (χ1v) is 9.51. The van der Waals surface area contributed by atoms with Crippen LogP contribution in [0.1, 0.15) is 19.0 Å². The highest BCUT2D eigenvalue weighted by Gasteiger charge is 2.31. The van der Waals surface area contributed by atoms with Crippen LogP contribution in [0, 0.1) is 5.92 Å². The summed E-state index contributed by atoms with van der Waals surface area (Å²) in [6.45, 7) is 3.45. The largest absolute Gasteiger partial charge is 0.339 e. The standard InChI is InChI=1S/C17H19Cl2N3OS/c1-10-4-11(7-20)8-22(10)16(23)6-13-9-24-17(21-13)14-3-2-12(18)5-15(14)19/h2-3,5,9-11H,4,6-8,20H2,1H3.